The second-order valence-corrected chi connectivity index (χ2v) is 6.89. The molecule has 1 N–H and O–H groups in total. The molecule has 0 atom stereocenters. The molecule has 2 aromatic rings. The first-order valence-electron chi connectivity index (χ1n) is 7.49. The number of rotatable bonds is 4. The Balaban J connectivity index is 1.74. The number of piperazine rings is 1. The molecule has 0 radical (unpaired) electrons. The van der Waals surface area contributed by atoms with Crippen molar-refractivity contribution in [3.8, 4) is 0 Å². The summed E-state index contributed by atoms with van der Waals surface area (Å²) in [5.74, 6) is -0.0737. The van der Waals surface area contributed by atoms with Gasteiger partial charge in [-0.2, -0.15) is 0 Å². The number of nitrogens with zero attached hydrogens (tertiary/aromatic N) is 3. The number of halogens is 1. The van der Waals surface area contributed by atoms with E-state index in [0.717, 1.165) is 29.1 Å². The zero-order valence-electron chi connectivity index (χ0n) is 12.6. The summed E-state index contributed by atoms with van der Waals surface area (Å²) < 4.78 is 2.26. The van der Waals surface area contributed by atoms with Crippen LogP contribution >= 0.6 is 22.9 Å². The van der Waals surface area contributed by atoms with Crippen molar-refractivity contribution in [1.82, 2.24) is 14.4 Å². The predicted octanol–water partition coefficient (Wildman–Crippen LogP) is 0.853. The Morgan fingerprint density at radius 2 is 2.00 bits per heavy atom. The minimum atomic E-state index is -0.166. The van der Waals surface area contributed by atoms with Crippen LogP contribution in [-0.2, 0) is 11.3 Å². The molecule has 1 aromatic heterocycles. The molecule has 0 saturated carbocycles. The standard InChI is InChI=1S/C15H18ClN3O3S/c16-11-2-1-3-12-14(11)19(15(22)23-12)10-13(21)18-6-4-17(5-7-18)8-9-20/h1-3,20H,4-10H2. The third-order valence-corrected chi connectivity index (χ3v) is 5.32. The van der Waals surface area contributed by atoms with Gasteiger partial charge in [0, 0.05) is 32.7 Å². The highest BCUT2D eigenvalue weighted by Gasteiger charge is 2.22. The van der Waals surface area contributed by atoms with E-state index in [0.29, 0.717) is 30.2 Å². The molecule has 6 nitrogen and oxygen atoms in total. The Kier molecular flexibility index (Phi) is 5.01. The number of carbonyl (C=O) groups excluding carboxylic acids is 1. The van der Waals surface area contributed by atoms with Crippen LogP contribution in [0.1, 0.15) is 0 Å². The molecular formula is C15H18ClN3O3S. The lowest BCUT2D eigenvalue weighted by Crippen LogP contribution is -2.50. The number of para-hydroxylation sites is 1. The monoisotopic (exact) mass is 355 g/mol. The van der Waals surface area contributed by atoms with Crippen LogP contribution in [0.2, 0.25) is 5.02 Å². The fourth-order valence-electron chi connectivity index (χ4n) is 2.82. The summed E-state index contributed by atoms with van der Waals surface area (Å²) in [5.41, 5.74) is 0.636. The molecule has 1 amide bonds. The van der Waals surface area contributed by atoms with E-state index < -0.39 is 0 Å². The Morgan fingerprint density at radius 1 is 1.26 bits per heavy atom. The number of aromatic nitrogens is 1. The maximum absolute atomic E-state index is 12.5. The summed E-state index contributed by atoms with van der Waals surface area (Å²) in [6.07, 6.45) is 0. The molecule has 1 fully saturated rings. The summed E-state index contributed by atoms with van der Waals surface area (Å²) in [5, 5.41) is 9.44. The Hall–Kier alpha value is -1.41. The summed E-state index contributed by atoms with van der Waals surface area (Å²) in [4.78, 5) is 28.4. The zero-order valence-corrected chi connectivity index (χ0v) is 14.1. The average molecular weight is 356 g/mol. The van der Waals surface area contributed by atoms with E-state index in [2.05, 4.69) is 4.90 Å². The minimum Gasteiger partial charge on any atom is -0.395 e. The van der Waals surface area contributed by atoms with E-state index in [4.69, 9.17) is 16.7 Å². The molecule has 0 aliphatic carbocycles. The number of thiazole rings is 1. The highest BCUT2D eigenvalue weighted by atomic mass is 35.5. The van der Waals surface area contributed by atoms with E-state index in [1.165, 1.54) is 4.57 Å². The van der Waals surface area contributed by atoms with Crippen LogP contribution in [0.4, 0.5) is 0 Å². The van der Waals surface area contributed by atoms with Crippen molar-refractivity contribution in [3.63, 3.8) is 0 Å². The number of benzene rings is 1. The molecule has 3 rings (SSSR count). The maximum Gasteiger partial charge on any atom is 0.308 e. The first kappa shape index (κ1) is 16.4. The minimum absolute atomic E-state index is 0.0164. The van der Waals surface area contributed by atoms with E-state index in [9.17, 15) is 9.59 Å². The van der Waals surface area contributed by atoms with E-state index >= 15 is 0 Å². The average Bonchev–Trinajstić information content (AvgIpc) is 2.85. The molecule has 2 heterocycles. The summed E-state index contributed by atoms with van der Waals surface area (Å²) in [6.45, 7) is 3.49. The highest BCUT2D eigenvalue weighted by Crippen LogP contribution is 2.25. The van der Waals surface area contributed by atoms with E-state index in [1.807, 2.05) is 6.07 Å². The molecule has 1 aliphatic heterocycles. The largest absolute Gasteiger partial charge is 0.395 e. The molecule has 124 valence electrons. The molecule has 1 aromatic carbocycles. The summed E-state index contributed by atoms with van der Waals surface area (Å²) in [6, 6.07) is 5.36. The molecular weight excluding hydrogens is 338 g/mol. The van der Waals surface area contributed by atoms with Crippen molar-refractivity contribution in [2.45, 2.75) is 6.54 Å². The Labute approximate surface area is 142 Å². The van der Waals surface area contributed by atoms with Gasteiger partial charge in [-0.1, -0.05) is 29.0 Å². The number of hydrogen-bond donors (Lipinski definition) is 1. The summed E-state index contributed by atoms with van der Waals surface area (Å²) >= 11 is 7.30. The molecule has 8 heteroatoms. The van der Waals surface area contributed by atoms with Crippen LogP contribution in [0.15, 0.2) is 23.0 Å². The van der Waals surface area contributed by atoms with Gasteiger partial charge in [-0.05, 0) is 12.1 Å². The van der Waals surface area contributed by atoms with Crippen molar-refractivity contribution < 1.29 is 9.90 Å². The smallest absolute Gasteiger partial charge is 0.308 e. The number of β-amino-alcohol motifs (C(OH)–C–C–N with tert-alkyl or cyclic N) is 1. The van der Waals surface area contributed by atoms with Crippen LogP contribution in [-0.4, -0.2) is 64.7 Å². The SMILES string of the molecule is O=C(Cn1c(=O)sc2cccc(Cl)c21)N1CCN(CCO)CC1. The van der Waals surface area contributed by atoms with Gasteiger partial charge in [0.1, 0.15) is 6.54 Å². The van der Waals surface area contributed by atoms with Crippen molar-refractivity contribution in [2.75, 3.05) is 39.3 Å². The first-order chi connectivity index (χ1) is 11.1. The van der Waals surface area contributed by atoms with Gasteiger partial charge in [0.15, 0.2) is 0 Å². The molecule has 1 aliphatic rings. The maximum atomic E-state index is 12.5. The van der Waals surface area contributed by atoms with Gasteiger partial charge in [0.05, 0.1) is 21.8 Å². The highest BCUT2D eigenvalue weighted by molar-refractivity contribution is 7.16. The van der Waals surface area contributed by atoms with Gasteiger partial charge in [0.2, 0.25) is 5.91 Å². The third-order valence-electron chi connectivity index (χ3n) is 4.07. The fraction of sp³-hybridized carbons (Fsp3) is 0.467. The van der Waals surface area contributed by atoms with E-state index in [-0.39, 0.29) is 23.9 Å². The third kappa shape index (κ3) is 3.42. The summed E-state index contributed by atoms with van der Waals surface area (Å²) in [7, 11) is 0. The fourth-order valence-corrected chi connectivity index (χ4v) is 4.07. The lowest BCUT2D eigenvalue weighted by Gasteiger charge is -2.34. The van der Waals surface area contributed by atoms with Gasteiger partial charge in [-0.25, -0.2) is 0 Å². The predicted molar refractivity (Wildman–Crippen MR) is 91.2 cm³/mol. The molecule has 0 bridgehead atoms. The number of amides is 1. The van der Waals surface area contributed by atoms with Crippen LogP contribution in [0.3, 0.4) is 0 Å². The number of aliphatic hydroxyl groups excluding tert-OH is 1. The lowest BCUT2D eigenvalue weighted by molar-refractivity contribution is -0.133. The van der Waals surface area contributed by atoms with Crippen molar-refractivity contribution in [3.05, 3.63) is 32.9 Å². The quantitative estimate of drug-likeness (QED) is 0.883. The number of carbonyl (C=O) groups is 1. The van der Waals surface area contributed by atoms with Gasteiger partial charge < -0.3 is 10.0 Å². The molecule has 1 saturated heterocycles. The van der Waals surface area contributed by atoms with Crippen molar-refractivity contribution in [2.24, 2.45) is 0 Å². The number of aliphatic hydroxyl groups is 1. The van der Waals surface area contributed by atoms with Gasteiger partial charge >= 0.3 is 4.87 Å². The Bertz CT molecular complexity index is 765. The second-order valence-electron chi connectivity index (χ2n) is 5.49. The first-order valence-corrected chi connectivity index (χ1v) is 8.68. The topological polar surface area (TPSA) is 65.8 Å². The molecule has 23 heavy (non-hydrogen) atoms. The van der Waals surface area contributed by atoms with Crippen LogP contribution in [0, 0.1) is 0 Å². The van der Waals surface area contributed by atoms with Crippen molar-refractivity contribution >= 4 is 39.1 Å². The van der Waals surface area contributed by atoms with Gasteiger partial charge in [-0.3, -0.25) is 19.1 Å². The van der Waals surface area contributed by atoms with E-state index in [1.54, 1.807) is 17.0 Å². The number of hydrogen-bond acceptors (Lipinski definition) is 5. The van der Waals surface area contributed by atoms with Crippen LogP contribution in [0.5, 0.6) is 0 Å². The van der Waals surface area contributed by atoms with Crippen LogP contribution < -0.4 is 4.87 Å². The lowest BCUT2D eigenvalue weighted by atomic mass is 10.3. The van der Waals surface area contributed by atoms with Gasteiger partial charge in [0.25, 0.3) is 0 Å². The zero-order chi connectivity index (χ0) is 16.4. The van der Waals surface area contributed by atoms with Gasteiger partial charge in [-0.15, -0.1) is 0 Å². The number of fused-ring (bicyclic) bond motifs is 1. The second kappa shape index (κ2) is 7.00. The molecule has 0 unspecified atom stereocenters. The molecule has 0 spiro atoms. The normalized spacial score (nSPS) is 16.2. The van der Waals surface area contributed by atoms with Crippen LogP contribution in [0.25, 0.3) is 10.2 Å². The van der Waals surface area contributed by atoms with Crippen molar-refractivity contribution in [1.29, 1.82) is 0 Å². The Morgan fingerprint density at radius 3 is 2.70 bits per heavy atom.